The second-order valence-electron chi connectivity index (χ2n) is 2.46. The van der Waals surface area contributed by atoms with Crippen molar-refractivity contribution in [3.05, 3.63) is 29.8 Å². The average Bonchev–Trinajstić information content (AvgIpc) is 2.18. The zero-order valence-corrected chi connectivity index (χ0v) is 8.50. The van der Waals surface area contributed by atoms with E-state index in [1.54, 1.807) is 0 Å². The summed E-state index contributed by atoms with van der Waals surface area (Å²) in [5.41, 5.74) is -0.410. The van der Waals surface area contributed by atoms with Crippen LogP contribution in [-0.4, -0.2) is 17.9 Å². The Hall–Kier alpha value is -1.85. The Morgan fingerprint density at radius 2 is 1.62 bits per heavy atom. The molecule has 0 unspecified atom stereocenters. The molecule has 1 rings (SSSR count). The SMILES string of the molecule is O=C([O-])C(=O)Oc1ccccc1C(=O)[O-].[Cu+2]. The van der Waals surface area contributed by atoms with Gasteiger partial charge in [0, 0.05) is 5.56 Å². The molecule has 0 aliphatic carbocycles. The van der Waals surface area contributed by atoms with Crippen LogP contribution in [0, 0.1) is 0 Å². The Bertz CT molecular complexity index is 428. The smallest absolute Gasteiger partial charge is 0.545 e. The molecule has 0 fully saturated rings. The maximum atomic E-state index is 10.6. The van der Waals surface area contributed by atoms with Gasteiger partial charge in [-0.25, -0.2) is 4.79 Å². The third kappa shape index (κ3) is 3.38. The second kappa shape index (κ2) is 5.89. The first kappa shape index (κ1) is 14.1. The summed E-state index contributed by atoms with van der Waals surface area (Å²) >= 11 is 0. The van der Waals surface area contributed by atoms with E-state index >= 15 is 0 Å². The summed E-state index contributed by atoms with van der Waals surface area (Å²) < 4.78 is 4.25. The molecule has 0 saturated heterocycles. The van der Waals surface area contributed by atoms with Crippen molar-refractivity contribution < 1.29 is 46.4 Å². The molecule has 87 valence electrons. The quantitative estimate of drug-likeness (QED) is 0.259. The number of aliphatic carboxylic acids is 1. The normalized spacial score (nSPS) is 8.75. The molecule has 0 saturated carbocycles. The van der Waals surface area contributed by atoms with Crippen molar-refractivity contribution in [2.45, 2.75) is 0 Å². The van der Waals surface area contributed by atoms with Gasteiger partial charge in [-0.1, -0.05) is 12.1 Å². The van der Waals surface area contributed by atoms with Crippen molar-refractivity contribution in [1.29, 1.82) is 0 Å². The Labute approximate surface area is 100 Å². The Morgan fingerprint density at radius 1 is 1.06 bits per heavy atom. The number of hydrogen-bond donors (Lipinski definition) is 0. The largest absolute Gasteiger partial charge is 2.00 e. The number of carboxylic acids is 2. The summed E-state index contributed by atoms with van der Waals surface area (Å²) in [4.78, 5) is 31.1. The van der Waals surface area contributed by atoms with Gasteiger partial charge in [0.05, 0.1) is 5.97 Å². The van der Waals surface area contributed by atoms with Crippen LogP contribution in [-0.2, 0) is 26.7 Å². The molecule has 0 heterocycles. The van der Waals surface area contributed by atoms with Gasteiger partial charge in [0.2, 0.25) is 0 Å². The van der Waals surface area contributed by atoms with E-state index in [1.807, 2.05) is 0 Å². The van der Waals surface area contributed by atoms with Crippen molar-refractivity contribution >= 4 is 17.9 Å². The van der Waals surface area contributed by atoms with Crippen LogP contribution in [0.3, 0.4) is 0 Å². The maximum absolute atomic E-state index is 10.6. The number of carboxylic acid groups (broad SMARTS) is 2. The minimum atomic E-state index is -2.05. The number of benzene rings is 1. The topological polar surface area (TPSA) is 107 Å². The van der Waals surface area contributed by atoms with E-state index in [2.05, 4.69) is 4.74 Å². The molecule has 1 radical (unpaired) electrons. The molecule has 0 bridgehead atoms. The van der Waals surface area contributed by atoms with E-state index in [1.165, 1.54) is 12.1 Å². The van der Waals surface area contributed by atoms with Gasteiger partial charge in [-0.3, -0.25) is 0 Å². The van der Waals surface area contributed by atoms with Crippen molar-refractivity contribution in [3.8, 4) is 5.75 Å². The molecular weight excluding hydrogens is 268 g/mol. The van der Waals surface area contributed by atoms with Crippen LogP contribution in [0.5, 0.6) is 5.75 Å². The second-order valence-corrected chi connectivity index (χ2v) is 2.46. The average molecular weight is 272 g/mol. The fraction of sp³-hybridized carbons (Fsp3) is 0. The zero-order valence-electron chi connectivity index (χ0n) is 7.56. The monoisotopic (exact) mass is 271 g/mol. The van der Waals surface area contributed by atoms with E-state index < -0.39 is 29.2 Å². The number of aromatic carboxylic acids is 1. The number of carbonyl (C=O) groups excluding carboxylic acids is 3. The number of carbonyl (C=O) groups is 3. The molecule has 0 aliphatic rings. The fourth-order valence-electron chi connectivity index (χ4n) is 0.866. The van der Waals surface area contributed by atoms with Gasteiger partial charge in [0.25, 0.3) is 0 Å². The first-order valence-corrected chi connectivity index (χ1v) is 3.76. The van der Waals surface area contributed by atoms with Gasteiger partial charge in [-0.05, 0) is 12.1 Å². The van der Waals surface area contributed by atoms with E-state index in [-0.39, 0.29) is 17.1 Å². The van der Waals surface area contributed by atoms with Gasteiger partial charge < -0.3 is 24.5 Å². The molecule has 0 amide bonds. The summed E-state index contributed by atoms with van der Waals surface area (Å²) in [5.74, 6) is -5.68. The molecule has 0 aliphatic heterocycles. The first-order chi connectivity index (χ1) is 7.02. The van der Waals surface area contributed by atoms with Crippen molar-refractivity contribution in [1.82, 2.24) is 0 Å². The number of rotatable bonds is 2. The van der Waals surface area contributed by atoms with E-state index in [0.29, 0.717) is 0 Å². The predicted molar refractivity (Wildman–Crippen MR) is 41.4 cm³/mol. The standard InChI is InChI=1S/C9H6O6.Cu/c10-7(11)5-3-1-2-4-6(5)15-9(14)8(12)13;/h1-4H,(H,10,11)(H,12,13);/q;+2/p-2. The van der Waals surface area contributed by atoms with Crippen LogP contribution in [0.1, 0.15) is 10.4 Å². The summed E-state index contributed by atoms with van der Waals surface area (Å²) in [6.07, 6.45) is 0. The number of para-hydroxylation sites is 1. The Morgan fingerprint density at radius 3 is 2.12 bits per heavy atom. The van der Waals surface area contributed by atoms with Crippen LogP contribution in [0.4, 0.5) is 0 Å². The predicted octanol–water partition coefficient (Wildman–Crippen LogP) is -2.30. The molecule has 1 aromatic rings. The van der Waals surface area contributed by atoms with E-state index in [0.717, 1.165) is 12.1 Å². The Kier molecular flexibility index (Phi) is 5.21. The van der Waals surface area contributed by atoms with Gasteiger partial charge in [0.15, 0.2) is 5.97 Å². The van der Waals surface area contributed by atoms with Gasteiger partial charge in [-0.2, -0.15) is 0 Å². The van der Waals surface area contributed by atoms with Crippen LogP contribution in [0.15, 0.2) is 24.3 Å². The van der Waals surface area contributed by atoms with E-state index in [4.69, 9.17) is 0 Å². The number of hydrogen-bond acceptors (Lipinski definition) is 6. The van der Waals surface area contributed by atoms with Crippen molar-refractivity contribution in [2.75, 3.05) is 0 Å². The summed E-state index contributed by atoms with van der Waals surface area (Å²) in [5, 5.41) is 20.5. The molecule has 16 heavy (non-hydrogen) atoms. The Balaban J connectivity index is 0.00000225. The van der Waals surface area contributed by atoms with Gasteiger partial charge >= 0.3 is 23.0 Å². The van der Waals surface area contributed by atoms with Crippen LogP contribution >= 0.6 is 0 Å². The zero-order chi connectivity index (χ0) is 11.4. The molecule has 7 heteroatoms. The first-order valence-electron chi connectivity index (χ1n) is 3.76. The van der Waals surface area contributed by atoms with E-state index in [9.17, 15) is 24.6 Å². The van der Waals surface area contributed by atoms with Gasteiger partial charge in [0.1, 0.15) is 5.75 Å². The fourth-order valence-corrected chi connectivity index (χ4v) is 0.866. The summed E-state index contributed by atoms with van der Waals surface area (Å²) in [6, 6.07) is 5.00. The van der Waals surface area contributed by atoms with Gasteiger partial charge in [-0.15, -0.1) is 0 Å². The number of esters is 1. The molecule has 0 aromatic heterocycles. The summed E-state index contributed by atoms with van der Waals surface area (Å²) in [6.45, 7) is 0. The van der Waals surface area contributed by atoms with Crippen LogP contribution in [0.25, 0.3) is 0 Å². The van der Waals surface area contributed by atoms with Crippen molar-refractivity contribution in [3.63, 3.8) is 0 Å². The van der Waals surface area contributed by atoms with Crippen molar-refractivity contribution in [2.24, 2.45) is 0 Å². The minimum Gasteiger partial charge on any atom is -0.545 e. The molecule has 0 spiro atoms. The third-order valence-corrected chi connectivity index (χ3v) is 1.48. The van der Waals surface area contributed by atoms with Crippen LogP contribution < -0.4 is 14.9 Å². The third-order valence-electron chi connectivity index (χ3n) is 1.48. The molecule has 1 aromatic carbocycles. The molecule has 6 nitrogen and oxygen atoms in total. The maximum Gasteiger partial charge on any atom is 2.00 e. The molecule has 0 N–H and O–H groups in total. The minimum absolute atomic E-state index is 0. The van der Waals surface area contributed by atoms with Crippen LogP contribution in [0.2, 0.25) is 0 Å². The number of ether oxygens (including phenoxy) is 1. The molecular formula is C9H4CuO6. The molecule has 0 atom stereocenters. The summed E-state index contributed by atoms with van der Waals surface area (Å²) in [7, 11) is 0.